The topological polar surface area (TPSA) is 24.9 Å². The first-order chi connectivity index (χ1) is 12.2. The van der Waals surface area contributed by atoms with E-state index in [0.717, 1.165) is 30.0 Å². The zero-order valence-electron chi connectivity index (χ0n) is 16.2. The van der Waals surface area contributed by atoms with Crippen molar-refractivity contribution in [2.24, 2.45) is 5.92 Å². The molecule has 1 aromatic carbocycles. The van der Waals surface area contributed by atoms with E-state index in [1.165, 1.54) is 57.4 Å². The number of benzene rings is 1. The summed E-state index contributed by atoms with van der Waals surface area (Å²) in [4.78, 5) is 5.31. The lowest BCUT2D eigenvalue weighted by molar-refractivity contribution is 0.0659. The highest BCUT2D eigenvalue weighted by Crippen LogP contribution is 2.30. The fraction of sp³-hybridized carbons (Fsp3) is 0.714. The fourth-order valence-corrected chi connectivity index (χ4v) is 4.37. The molecule has 0 aromatic heterocycles. The van der Waals surface area contributed by atoms with Gasteiger partial charge in [-0.2, -0.15) is 0 Å². The molecule has 2 atom stereocenters. The van der Waals surface area contributed by atoms with Crippen LogP contribution in [-0.4, -0.2) is 55.7 Å². The van der Waals surface area contributed by atoms with Gasteiger partial charge in [0.2, 0.25) is 0 Å². The van der Waals surface area contributed by atoms with E-state index in [0.29, 0.717) is 6.61 Å². The highest BCUT2D eigenvalue weighted by atomic mass is 16.5. The fourth-order valence-electron chi connectivity index (χ4n) is 4.37. The Morgan fingerprint density at radius 2 is 1.88 bits per heavy atom. The van der Waals surface area contributed by atoms with Gasteiger partial charge in [-0.25, -0.2) is 0 Å². The SMILES string of the molecule is CCOc1cc(CN2CCN([C@@H]3CCC[C@H](C)C3)CC2)ccc1OC. The van der Waals surface area contributed by atoms with Gasteiger partial charge in [0, 0.05) is 38.8 Å². The number of ether oxygens (including phenoxy) is 2. The molecule has 3 rings (SSSR count). The Morgan fingerprint density at radius 1 is 1.08 bits per heavy atom. The molecule has 0 N–H and O–H groups in total. The molecule has 1 heterocycles. The molecular formula is C21H34N2O2. The summed E-state index contributed by atoms with van der Waals surface area (Å²) in [6.45, 7) is 10.9. The van der Waals surface area contributed by atoms with Gasteiger partial charge in [0.15, 0.2) is 11.5 Å². The third-order valence-corrected chi connectivity index (χ3v) is 5.77. The van der Waals surface area contributed by atoms with Gasteiger partial charge in [-0.15, -0.1) is 0 Å². The van der Waals surface area contributed by atoms with E-state index in [2.05, 4.69) is 28.9 Å². The maximum atomic E-state index is 5.71. The molecule has 2 aliphatic rings. The van der Waals surface area contributed by atoms with Crippen molar-refractivity contribution in [3.63, 3.8) is 0 Å². The number of piperazine rings is 1. The first-order valence-corrected chi connectivity index (χ1v) is 9.95. The van der Waals surface area contributed by atoms with Gasteiger partial charge in [0.05, 0.1) is 13.7 Å². The summed E-state index contributed by atoms with van der Waals surface area (Å²) in [6, 6.07) is 7.16. The van der Waals surface area contributed by atoms with Gasteiger partial charge in [-0.05, 0) is 43.4 Å². The summed E-state index contributed by atoms with van der Waals surface area (Å²) >= 11 is 0. The van der Waals surface area contributed by atoms with Crippen LogP contribution < -0.4 is 9.47 Å². The number of hydrogen-bond acceptors (Lipinski definition) is 4. The standard InChI is InChI=1S/C21H34N2O2/c1-4-25-21-15-18(8-9-20(21)24-3)16-22-10-12-23(13-11-22)19-7-5-6-17(2)14-19/h8-9,15,17,19H,4-7,10-14,16H2,1-3H3/t17-,19+/m0/s1. The first-order valence-electron chi connectivity index (χ1n) is 9.95. The third-order valence-electron chi connectivity index (χ3n) is 5.77. The molecule has 0 amide bonds. The highest BCUT2D eigenvalue weighted by molar-refractivity contribution is 5.42. The summed E-state index contributed by atoms with van der Waals surface area (Å²) in [5.74, 6) is 2.59. The van der Waals surface area contributed by atoms with E-state index in [9.17, 15) is 0 Å². The summed E-state index contributed by atoms with van der Waals surface area (Å²) in [6.07, 6.45) is 5.64. The van der Waals surface area contributed by atoms with Crippen LogP contribution in [0.4, 0.5) is 0 Å². The van der Waals surface area contributed by atoms with Crippen LogP contribution in [0.5, 0.6) is 11.5 Å². The van der Waals surface area contributed by atoms with Crippen molar-refractivity contribution in [3.8, 4) is 11.5 Å². The van der Waals surface area contributed by atoms with Crippen molar-refractivity contribution >= 4 is 0 Å². The van der Waals surface area contributed by atoms with Crippen LogP contribution in [0.15, 0.2) is 18.2 Å². The Kier molecular flexibility index (Phi) is 6.60. The van der Waals surface area contributed by atoms with Crippen molar-refractivity contribution in [2.75, 3.05) is 39.9 Å². The average molecular weight is 347 g/mol. The Labute approximate surface area is 153 Å². The minimum Gasteiger partial charge on any atom is -0.493 e. The van der Waals surface area contributed by atoms with E-state index < -0.39 is 0 Å². The van der Waals surface area contributed by atoms with Gasteiger partial charge in [-0.3, -0.25) is 9.80 Å². The van der Waals surface area contributed by atoms with Crippen LogP contribution in [0, 0.1) is 5.92 Å². The van der Waals surface area contributed by atoms with Gasteiger partial charge < -0.3 is 9.47 Å². The second-order valence-electron chi connectivity index (χ2n) is 7.66. The monoisotopic (exact) mass is 346 g/mol. The smallest absolute Gasteiger partial charge is 0.161 e. The molecular weight excluding hydrogens is 312 g/mol. The van der Waals surface area contributed by atoms with E-state index in [1.807, 2.05) is 13.0 Å². The van der Waals surface area contributed by atoms with Crippen molar-refractivity contribution < 1.29 is 9.47 Å². The van der Waals surface area contributed by atoms with Gasteiger partial charge in [0.25, 0.3) is 0 Å². The molecule has 0 unspecified atom stereocenters. The number of nitrogens with zero attached hydrogens (tertiary/aromatic N) is 2. The lowest BCUT2D eigenvalue weighted by Crippen LogP contribution is -2.50. The normalized spacial score (nSPS) is 25.7. The Hall–Kier alpha value is -1.26. The molecule has 2 fully saturated rings. The lowest BCUT2D eigenvalue weighted by atomic mass is 9.86. The summed E-state index contributed by atoms with van der Waals surface area (Å²) in [5.41, 5.74) is 1.31. The van der Waals surface area contributed by atoms with Gasteiger partial charge >= 0.3 is 0 Å². The maximum absolute atomic E-state index is 5.71. The Bertz CT molecular complexity index is 541. The molecule has 0 radical (unpaired) electrons. The van der Waals surface area contributed by atoms with E-state index >= 15 is 0 Å². The molecule has 4 nitrogen and oxygen atoms in total. The van der Waals surface area contributed by atoms with E-state index in [1.54, 1.807) is 7.11 Å². The predicted molar refractivity (Wildman–Crippen MR) is 102 cm³/mol. The van der Waals surface area contributed by atoms with E-state index in [-0.39, 0.29) is 0 Å². The minimum atomic E-state index is 0.665. The van der Waals surface area contributed by atoms with Crippen molar-refractivity contribution in [2.45, 2.75) is 52.1 Å². The maximum Gasteiger partial charge on any atom is 0.161 e. The molecule has 0 spiro atoms. The van der Waals surface area contributed by atoms with Crippen LogP contribution in [0.1, 0.15) is 45.1 Å². The van der Waals surface area contributed by atoms with Crippen LogP contribution >= 0.6 is 0 Å². The predicted octanol–water partition coefficient (Wildman–Crippen LogP) is 3.79. The molecule has 140 valence electrons. The molecule has 1 aromatic rings. The van der Waals surface area contributed by atoms with Gasteiger partial charge in [0.1, 0.15) is 0 Å². The zero-order valence-corrected chi connectivity index (χ0v) is 16.2. The summed E-state index contributed by atoms with van der Waals surface area (Å²) in [7, 11) is 1.70. The molecule has 1 saturated heterocycles. The second-order valence-corrected chi connectivity index (χ2v) is 7.66. The van der Waals surface area contributed by atoms with E-state index in [4.69, 9.17) is 9.47 Å². The van der Waals surface area contributed by atoms with Crippen LogP contribution in [0.2, 0.25) is 0 Å². The molecule has 25 heavy (non-hydrogen) atoms. The molecule has 1 aliphatic carbocycles. The van der Waals surface area contributed by atoms with Gasteiger partial charge in [-0.1, -0.05) is 25.8 Å². The largest absolute Gasteiger partial charge is 0.493 e. The molecule has 1 aliphatic heterocycles. The summed E-state index contributed by atoms with van der Waals surface area (Å²) in [5, 5.41) is 0. The Morgan fingerprint density at radius 3 is 2.56 bits per heavy atom. The number of rotatable bonds is 6. The minimum absolute atomic E-state index is 0.665. The zero-order chi connectivity index (χ0) is 17.6. The molecule has 1 saturated carbocycles. The highest BCUT2D eigenvalue weighted by Gasteiger charge is 2.27. The molecule has 0 bridgehead atoms. The van der Waals surface area contributed by atoms with Crippen molar-refractivity contribution in [1.82, 2.24) is 9.80 Å². The first kappa shape index (κ1) is 18.5. The number of hydrogen-bond donors (Lipinski definition) is 0. The van der Waals surface area contributed by atoms with Crippen LogP contribution in [0.3, 0.4) is 0 Å². The van der Waals surface area contributed by atoms with Crippen molar-refractivity contribution in [1.29, 1.82) is 0 Å². The van der Waals surface area contributed by atoms with Crippen LogP contribution in [0.25, 0.3) is 0 Å². The quantitative estimate of drug-likeness (QED) is 0.782. The Balaban J connectivity index is 1.52. The second kappa shape index (κ2) is 8.91. The average Bonchev–Trinajstić information content (AvgIpc) is 2.63. The number of methoxy groups -OCH3 is 1. The van der Waals surface area contributed by atoms with Crippen molar-refractivity contribution in [3.05, 3.63) is 23.8 Å². The lowest BCUT2D eigenvalue weighted by Gasteiger charge is -2.42. The van der Waals surface area contributed by atoms with Crippen LogP contribution in [-0.2, 0) is 6.54 Å². The third kappa shape index (κ3) is 4.89. The summed E-state index contributed by atoms with van der Waals surface area (Å²) < 4.78 is 11.1. The molecule has 4 heteroatoms.